The first-order valence-electron chi connectivity index (χ1n) is 6.39. The monoisotopic (exact) mass is 283 g/mol. The SMILES string of the molecule is COc1cc(C(=O)N2CCCC(CO)C2)ccc1Cl. The number of nitrogens with zero attached hydrogens (tertiary/aromatic N) is 1. The summed E-state index contributed by atoms with van der Waals surface area (Å²) >= 11 is 5.95. The van der Waals surface area contributed by atoms with Gasteiger partial charge in [0.15, 0.2) is 0 Å². The third-order valence-electron chi connectivity index (χ3n) is 3.46. The zero-order chi connectivity index (χ0) is 13.8. The highest BCUT2D eigenvalue weighted by molar-refractivity contribution is 6.32. The molecule has 1 saturated heterocycles. The lowest BCUT2D eigenvalue weighted by Crippen LogP contribution is -2.40. The lowest BCUT2D eigenvalue weighted by atomic mass is 9.98. The van der Waals surface area contributed by atoms with Crippen LogP contribution in [0.2, 0.25) is 5.02 Å². The van der Waals surface area contributed by atoms with E-state index in [1.165, 1.54) is 7.11 Å². The first-order chi connectivity index (χ1) is 9.15. The lowest BCUT2D eigenvalue weighted by Gasteiger charge is -2.32. The van der Waals surface area contributed by atoms with Crippen LogP contribution in [0.4, 0.5) is 0 Å². The van der Waals surface area contributed by atoms with Crippen LogP contribution in [0, 0.1) is 5.92 Å². The van der Waals surface area contributed by atoms with Gasteiger partial charge in [-0.15, -0.1) is 0 Å². The second-order valence-electron chi connectivity index (χ2n) is 4.79. The van der Waals surface area contributed by atoms with Gasteiger partial charge < -0.3 is 14.7 Å². The van der Waals surface area contributed by atoms with Crippen molar-refractivity contribution in [1.29, 1.82) is 0 Å². The molecule has 5 heteroatoms. The number of ether oxygens (including phenoxy) is 1. The fourth-order valence-electron chi connectivity index (χ4n) is 2.37. The van der Waals surface area contributed by atoms with E-state index in [4.69, 9.17) is 16.3 Å². The summed E-state index contributed by atoms with van der Waals surface area (Å²) in [5.74, 6) is 0.656. The highest BCUT2D eigenvalue weighted by Gasteiger charge is 2.24. The molecule has 1 aromatic carbocycles. The molecule has 0 aromatic heterocycles. The number of hydrogen-bond donors (Lipinski definition) is 1. The van der Waals surface area contributed by atoms with Crippen LogP contribution >= 0.6 is 11.6 Å². The number of halogens is 1. The van der Waals surface area contributed by atoms with E-state index in [9.17, 15) is 9.90 Å². The molecular weight excluding hydrogens is 266 g/mol. The summed E-state index contributed by atoms with van der Waals surface area (Å²) in [5.41, 5.74) is 0.569. The van der Waals surface area contributed by atoms with Gasteiger partial charge in [-0.05, 0) is 37.0 Å². The van der Waals surface area contributed by atoms with Crippen LogP contribution in [0.3, 0.4) is 0 Å². The van der Waals surface area contributed by atoms with Gasteiger partial charge in [-0.25, -0.2) is 0 Å². The Hall–Kier alpha value is -1.26. The molecule has 1 aliphatic rings. The van der Waals surface area contributed by atoms with Crippen molar-refractivity contribution in [2.75, 3.05) is 26.8 Å². The number of aliphatic hydroxyl groups is 1. The molecule has 0 spiro atoms. The highest BCUT2D eigenvalue weighted by atomic mass is 35.5. The minimum absolute atomic E-state index is 0.0342. The van der Waals surface area contributed by atoms with Crippen LogP contribution in [-0.2, 0) is 0 Å². The molecule has 1 aliphatic heterocycles. The predicted octanol–water partition coefficient (Wildman–Crippen LogP) is 2.19. The van der Waals surface area contributed by atoms with Crippen LogP contribution in [0.25, 0.3) is 0 Å². The second-order valence-corrected chi connectivity index (χ2v) is 5.20. The van der Waals surface area contributed by atoms with Gasteiger partial charge in [0.05, 0.1) is 12.1 Å². The molecule has 4 nitrogen and oxygen atoms in total. The number of benzene rings is 1. The number of carbonyl (C=O) groups excluding carboxylic acids is 1. The quantitative estimate of drug-likeness (QED) is 0.925. The molecule has 104 valence electrons. The van der Waals surface area contributed by atoms with Crippen molar-refractivity contribution in [2.24, 2.45) is 5.92 Å². The van der Waals surface area contributed by atoms with Crippen molar-refractivity contribution in [3.63, 3.8) is 0 Å². The molecule has 19 heavy (non-hydrogen) atoms. The molecule has 1 unspecified atom stereocenters. The van der Waals surface area contributed by atoms with Gasteiger partial charge in [-0.1, -0.05) is 11.6 Å². The van der Waals surface area contributed by atoms with Gasteiger partial charge in [-0.2, -0.15) is 0 Å². The smallest absolute Gasteiger partial charge is 0.254 e. The Kier molecular flexibility index (Phi) is 4.66. The number of aliphatic hydroxyl groups excluding tert-OH is 1. The molecule has 1 atom stereocenters. The van der Waals surface area contributed by atoms with Crippen LogP contribution in [0.5, 0.6) is 5.75 Å². The van der Waals surface area contributed by atoms with Crippen molar-refractivity contribution >= 4 is 17.5 Å². The molecule has 0 bridgehead atoms. The molecular formula is C14H18ClNO3. The molecule has 0 radical (unpaired) electrons. The van der Waals surface area contributed by atoms with Crippen LogP contribution in [0.1, 0.15) is 23.2 Å². The van der Waals surface area contributed by atoms with Gasteiger partial charge in [0.1, 0.15) is 5.75 Å². The largest absolute Gasteiger partial charge is 0.495 e. The molecule has 1 N–H and O–H groups in total. The Morgan fingerprint density at radius 1 is 1.58 bits per heavy atom. The Labute approximate surface area is 117 Å². The molecule has 0 aliphatic carbocycles. The van der Waals surface area contributed by atoms with Crippen LogP contribution < -0.4 is 4.74 Å². The highest BCUT2D eigenvalue weighted by Crippen LogP contribution is 2.26. The standard InChI is InChI=1S/C14H18ClNO3/c1-19-13-7-11(4-5-12(13)15)14(18)16-6-2-3-10(8-16)9-17/h4-5,7,10,17H,2-3,6,8-9H2,1H3. The predicted molar refractivity (Wildman–Crippen MR) is 73.7 cm³/mol. The molecule has 1 heterocycles. The fraction of sp³-hybridized carbons (Fsp3) is 0.500. The number of carbonyl (C=O) groups is 1. The number of hydrogen-bond acceptors (Lipinski definition) is 3. The van der Waals surface area contributed by atoms with Gasteiger partial charge in [0.25, 0.3) is 5.91 Å². The van der Waals surface area contributed by atoms with E-state index in [0.29, 0.717) is 22.9 Å². The molecule has 1 amide bonds. The summed E-state index contributed by atoms with van der Waals surface area (Å²) in [6.07, 6.45) is 1.91. The van der Waals surface area contributed by atoms with E-state index < -0.39 is 0 Å². The van der Waals surface area contributed by atoms with E-state index in [1.807, 2.05) is 0 Å². The van der Waals surface area contributed by atoms with Gasteiger partial charge in [0, 0.05) is 25.3 Å². The molecule has 0 saturated carbocycles. The number of amides is 1. The Morgan fingerprint density at radius 2 is 2.37 bits per heavy atom. The zero-order valence-corrected chi connectivity index (χ0v) is 11.7. The summed E-state index contributed by atoms with van der Waals surface area (Å²) in [6, 6.07) is 5.03. The van der Waals surface area contributed by atoms with Crippen molar-refractivity contribution in [3.8, 4) is 5.75 Å². The first kappa shape index (κ1) is 14.2. The normalized spacial score (nSPS) is 19.3. The van der Waals surface area contributed by atoms with Crippen LogP contribution in [0.15, 0.2) is 18.2 Å². The average molecular weight is 284 g/mol. The minimum Gasteiger partial charge on any atom is -0.495 e. The summed E-state index contributed by atoms with van der Waals surface area (Å²) in [5, 5.41) is 9.70. The third kappa shape index (κ3) is 3.19. The van der Waals surface area contributed by atoms with Gasteiger partial charge in [0.2, 0.25) is 0 Å². The van der Waals surface area contributed by atoms with Gasteiger partial charge in [-0.3, -0.25) is 4.79 Å². The summed E-state index contributed by atoms with van der Waals surface area (Å²) in [4.78, 5) is 14.2. The van der Waals surface area contributed by atoms with E-state index in [0.717, 1.165) is 19.4 Å². The number of rotatable bonds is 3. The van der Waals surface area contributed by atoms with E-state index >= 15 is 0 Å². The maximum absolute atomic E-state index is 12.4. The van der Waals surface area contributed by atoms with E-state index in [2.05, 4.69) is 0 Å². The van der Waals surface area contributed by atoms with Crippen molar-refractivity contribution < 1.29 is 14.6 Å². The molecule has 2 rings (SSSR count). The van der Waals surface area contributed by atoms with Crippen LogP contribution in [-0.4, -0.2) is 42.7 Å². The fourth-order valence-corrected chi connectivity index (χ4v) is 2.57. The third-order valence-corrected chi connectivity index (χ3v) is 3.77. The first-order valence-corrected chi connectivity index (χ1v) is 6.77. The van der Waals surface area contributed by atoms with E-state index in [1.54, 1.807) is 23.1 Å². The van der Waals surface area contributed by atoms with Crippen molar-refractivity contribution in [1.82, 2.24) is 4.90 Å². The minimum atomic E-state index is -0.0342. The van der Waals surface area contributed by atoms with Gasteiger partial charge >= 0.3 is 0 Å². The van der Waals surface area contributed by atoms with Crippen molar-refractivity contribution in [3.05, 3.63) is 28.8 Å². The second kappa shape index (κ2) is 6.26. The summed E-state index contributed by atoms with van der Waals surface area (Å²) in [6.45, 7) is 1.48. The average Bonchev–Trinajstić information content (AvgIpc) is 2.47. The number of likely N-dealkylation sites (tertiary alicyclic amines) is 1. The Balaban J connectivity index is 2.14. The maximum Gasteiger partial charge on any atom is 0.254 e. The number of methoxy groups -OCH3 is 1. The Morgan fingerprint density at radius 3 is 3.05 bits per heavy atom. The lowest BCUT2D eigenvalue weighted by molar-refractivity contribution is 0.0620. The Bertz CT molecular complexity index is 464. The molecule has 1 aromatic rings. The summed E-state index contributed by atoms with van der Waals surface area (Å²) < 4.78 is 5.12. The zero-order valence-electron chi connectivity index (χ0n) is 10.9. The summed E-state index contributed by atoms with van der Waals surface area (Å²) in [7, 11) is 1.53. The molecule has 1 fully saturated rings. The van der Waals surface area contributed by atoms with Crippen molar-refractivity contribution in [2.45, 2.75) is 12.8 Å². The maximum atomic E-state index is 12.4. The van der Waals surface area contributed by atoms with E-state index in [-0.39, 0.29) is 18.4 Å². The number of piperidine rings is 1. The topological polar surface area (TPSA) is 49.8 Å².